The summed E-state index contributed by atoms with van der Waals surface area (Å²) in [5.41, 5.74) is 1.91. The molecule has 0 saturated carbocycles. The third kappa shape index (κ3) is 4.30. The first-order valence-corrected chi connectivity index (χ1v) is 8.80. The molecule has 0 bridgehead atoms. The van der Waals surface area contributed by atoms with Crippen LogP contribution in [0.2, 0.25) is 0 Å². The summed E-state index contributed by atoms with van der Waals surface area (Å²) in [4.78, 5) is 35.3. The molecule has 0 unspecified atom stereocenters. The van der Waals surface area contributed by atoms with Gasteiger partial charge in [-0.1, -0.05) is 32.9 Å². The lowest BCUT2D eigenvalue weighted by molar-refractivity contribution is -0.132. The number of Topliss-reactive ketones (excluding diaryl/α,β-unsaturated/α-hetero) is 1. The Labute approximate surface area is 166 Å². The Hall–Kier alpha value is -3.99. The van der Waals surface area contributed by atoms with Crippen molar-refractivity contribution in [2.45, 2.75) is 20.8 Å². The number of benzene rings is 1. The third-order valence-corrected chi connectivity index (χ3v) is 4.15. The van der Waals surface area contributed by atoms with E-state index in [0.29, 0.717) is 33.8 Å². The highest BCUT2D eigenvalue weighted by Crippen LogP contribution is 2.26. The fraction of sp³-hybridized carbons (Fsp3) is 0.190. The predicted molar refractivity (Wildman–Crippen MR) is 109 cm³/mol. The Kier molecular flexibility index (Phi) is 5.15. The lowest BCUT2D eigenvalue weighted by Crippen LogP contribution is -2.20. The fourth-order valence-corrected chi connectivity index (χ4v) is 2.65. The quantitative estimate of drug-likeness (QED) is 0.342. The van der Waals surface area contributed by atoms with E-state index in [1.165, 1.54) is 6.08 Å². The predicted octanol–water partition coefficient (Wildman–Crippen LogP) is 3.92. The van der Waals surface area contributed by atoms with Crippen LogP contribution in [-0.4, -0.2) is 31.8 Å². The number of nitrogens with zero attached hydrogens (tertiary/aromatic N) is 3. The van der Waals surface area contributed by atoms with Crippen molar-refractivity contribution in [2.24, 2.45) is 5.41 Å². The number of aromatic amines is 1. The van der Waals surface area contributed by atoms with Gasteiger partial charge < -0.3 is 15.4 Å². The number of ketones is 1. The van der Waals surface area contributed by atoms with Crippen molar-refractivity contribution in [1.29, 1.82) is 5.26 Å². The van der Waals surface area contributed by atoms with Gasteiger partial charge in [0, 0.05) is 17.3 Å². The molecule has 29 heavy (non-hydrogen) atoms. The first-order chi connectivity index (χ1) is 13.7. The number of aliphatic carboxylic acids is 1. The number of carboxylic acids is 1. The van der Waals surface area contributed by atoms with E-state index in [-0.39, 0.29) is 11.4 Å². The number of carboxylic acid groups (broad SMARTS) is 1. The van der Waals surface area contributed by atoms with Crippen molar-refractivity contribution in [3.8, 4) is 6.07 Å². The van der Waals surface area contributed by atoms with Crippen molar-refractivity contribution >= 4 is 40.5 Å². The van der Waals surface area contributed by atoms with E-state index in [4.69, 9.17) is 10.4 Å². The highest BCUT2D eigenvalue weighted by atomic mass is 16.4. The molecule has 0 fully saturated rings. The molecule has 0 aliphatic carbocycles. The summed E-state index contributed by atoms with van der Waals surface area (Å²) in [5, 5.41) is 20.9. The van der Waals surface area contributed by atoms with Crippen molar-refractivity contribution in [3.05, 3.63) is 53.4 Å². The number of anilines is 2. The Bertz CT molecular complexity index is 1160. The van der Waals surface area contributed by atoms with Gasteiger partial charge in [-0.15, -0.1) is 0 Å². The molecular formula is C21H19N5O3. The molecule has 2 aromatic heterocycles. The molecule has 2 heterocycles. The summed E-state index contributed by atoms with van der Waals surface area (Å²) in [6.07, 6.45) is 4.47. The molecule has 0 radical (unpaired) electrons. The number of nitrogens with one attached hydrogen (secondary N) is 2. The maximum absolute atomic E-state index is 12.6. The van der Waals surface area contributed by atoms with Crippen LogP contribution in [-0.2, 0) is 4.79 Å². The number of rotatable bonds is 5. The van der Waals surface area contributed by atoms with Gasteiger partial charge in [-0.25, -0.2) is 14.8 Å². The van der Waals surface area contributed by atoms with E-state index in [1.807, 2.05) is 20.8 Å². The van der Waals surface area contributed by atoms with Crippen LogP contribution in [0.4, 0.5) is 11.5 Å². The minimum absolute atomic E-state index is 0.0296. The van der Waals surface area contributed by atoms with E-state index in [9.17, 15) is 9.59 Å². The van der Waals surface area contributed by atoms with Crippen LogP contribution in [0, 0.1) is 16.7 Å². The Morgan fingerprint density at radius 2 is 1.93 bits per heavy atom. The smallest absolute Gasteiger partial charge is 0.346 e. The number of carbonyl (C=O) groups is 2. The number of aromatic nitrogens is 3. The van der Waals surface area contributed by atoms with Crippen LogP contribution < -0.4 is 5.32 Å². The Morgan fingerprint density at radius 3 is 2.52 bits per heavy atom. The van der Waals surface area contributed by atoms with Crippen LogP contribution in [0.5, 0.6) is 0 Å². The zero-order valence-electron chi connectivity index (χ0n) is 16.1. The van der Waals surface area contributed by atoms with Crippen LogP contribution in [0.25, 0.3) is 17.2 Å². The van der Waals surface area contributed by atoms with Gasteiger partial charge in [0.2, 0.25) is 0 Å². The summed E-state index contributed by atoms with van der Waals surface area (Å²) in [6, 6.07) is 8.46. The zero-order chi connectivity index (χ0) is 21.2. The number of carbonyl (C=O) groups excluding carboxylic acids is 1. The minimum atomic E-state index is -1.27. The maximum Gasteiger partial charge on any atom is 0.346 e. The van der Waals surface area contributed by atoms with Gasteiger partial charge >= 0.3 is 5.97 Å². The number of fused-ring (bicyclic) bond motifs is 1. The number of hydrogen-bond acceptors (Lipinski definition) is 6. The van der Waals surface area contributed by atoms with Crippen molar-refractivity contribution < 1.29 is 14.7 Å². The molecule has 3 rings (SSSR count). The number of nitriles is 1. The van der Waals surface area contributed by atoms with Crippen molar-refractivity contribution in [2.75, 3.05) is 5.32 Å². The molecule has 8 nitrogen and oxygen atoms in total. The molecule has 3 aromatic rings. The first-order valence-electron chi connectivity index (χ1n) is 8.80. The van der Waals surface area contributed by atoms with Crippen LogP contribution in [0.3, 0.4) is 0 Å². The minimum Gasteiger partial charge on any atom is -0.477 e. The van der Waals surface area contributed by atoms with Gasteiger partial charge in [0.15, 0.2) is 11.4 Å². The lowest BCUT2D eigenvalue weighted by atomic mass is 9.87. The Balaban J connectivity index is 1.86. The molecule has 0 atom stereocenters. The topological polar surface area (TPSA) is 132 Å². The van der Waals surface area contributed by atoms with Gasteiger partial charge in [-0.2, -0.15) is 5.26 Å². The largest absolute Gasteiger partial charge is 0.477 e. The molecular weight excluding hydrogens is 370 g/mol. The average molecular weight is 389 g/mol. The zero-order valence-corrected chi connectivity index (χ0v) is 16.1. The van der Waals surface area contributed by atoms with Gasteiger partial charge in [0.1, 0.15) is 23.0 Å². The Morgan fingerprint density at radius 1 is 1.24 bits per heavy atom. The second kappa shape index (κ2) is 7.56. The normalized spacial score (nSPS) is 11.9. The van der Waals surface area contributed by atoms with Gasteiger partial charge in [-0.05, 0) is 23.8 Å². The molecule has 0 spiro atoms. The third-order valence-electron chi connectivity index (χ3n) is 4.15. The van der Waals surface area contributed by atoms with E-state index in [0.717, 1.165) is 0 Å². The summed E-state index contributed by atoms with van der Waals surface area (Å²) >= 11 is 0. The van der Waals surface area contributed by atoms with Crippen LogP contribution in [0.1, 0.15) is 36.7 Å². The number of H-pyrrole nitrogens is 1. The summed E-state index contributed by atoms with van der Waals surface area (Å²) < 4.78 is 0. The molecule has 0 amide bonds. The van der Waals surface area contributed by atoms with E-state index in [1.54, 1.807) is 42.7 Å². The summed E-state index contributed by atoms with van der Waals surface area (Å²) in [6.45, 7) is 5.55. The molecule has 0 aliphatic rings. The average Bonchev–Trinajstić information content (AvgIpc) is 3.08. The highest BCUT2D eigenvalue weighted by Gasteiger charge is 2.26. The molecule has 146 valence electrons. The van der Waals surface area contributed by atoms with Crippen LogP contribution >= 0.6 is 0 Å². The summed E-state index contributed by atoms with van der Waals surface area (Å²) in [5.74, 6) is -0.838. The molecule has 1 aromatic carbocycles. The van der Waals surface area contributed by atoms with Crippen LogP contribution in [0.15, 0.2) is 42.2 Å². The molecule has 0 saturated heterocycles. The monoisotopic (exact) mass is 389 g/mol. The fourth-order valence-electron chi connectivity index (χ4n) is 2.65. The van der Waals surface area contributed by atoms with Gasteiger partial charge in [0.25, 0.3) is 0 Å². The second-order valence-corrected chi connectivity index (χ2v) is 7.46. The van der Waals surface area contributed by atoms with Gasteiger partial charge in [-0.3, -0.25) is 4.79 Å². The maximum atomic E-state index is 12.6. The molecule has 8 heteroatoms. The molecule has 0 aliphatic heterocycles. The van der Waals surface area contributed by atoms with Crippen molar-refractivity contribution in [3.63, 3.8) is 0 Å². The first kappa shape index (κ1) is 19.8. The van der Waals surface area contributed by atoms with E-state index < -0.39 is 11.4 Å². The standard InChI is InChI=1S/C21H19N5O3/c1-21(2,3)18(27)15-10-23-19-17(15)26-16(11-24-19)25-14-6-4-12(5-7-14)8-13(9-22)20(28)29/h4-8,10-11H,1-3H3,(H,23,24)(H,25,26)(H,28,29). The SMILES string of the molecule is CC(C)(C)C(=O)c1c[nH]c2ncc(Nc3ccc(C=C(C#N)C(=O)O)cc3)nc12. The lowest BCUT2D eigenvalue weighted by Gasteiger charge is -2.15. The summed E-state index contributed by atoms with van der Waals surface area (Å²) in [7, 11) is 0. The van der Waals surface area contributed by atoms with Gasteiger partial charge in [0.05, 0.1) is 11.8 Å². The number of hydrogen-bond donors (Lipinski definition) is 3. The molecule has 3 N–H and O–H groups in total. The van der Waals surface area contributed by atoms with Crippen molar-refractivity contribution in [1.82, 2.24) is 15.0 Å². The highest BCUT2D eigenvalue weighted by molar-refractivity contribution is 6.08. The van der Waals surface area contributed by atoms with E-state index >= 15 is 0 Å². The second-order valence-electron chi connectivity index (χ2n) is 7.46. The van der Waals surface area contributed by atoms with E-state index in [2.05, 4.69) is 20.3 Å².